The number of hydrogen-bond donors (Lipinski definition) is 2. The van der Waals surface area contributed by atoms with Crippen LogP contribution in [0.15, 0.2) is 17.4 Å². The van der Waals surface area contributed by atoms with Gasteiger partial charge in [0.15, 0.2) is 5.96 Å². The van der Waals surface area contributed by atoms with Crippen LogP contribution >= 0.6 is 24.0 Å². The molecule has 2 N–H and O–H groups in total. The number of nitrogens with zero attached hydrogens (tertiary/aromatic N) is 4. The first-order valence-electron chi connectivity index (χ1n) is 11.5. The fourth-order valence-electron chi connectivity index (χ4n) is 3.16. The first-order valence-corrected chi connectivity index (χ1v) is 11.5. The van der Waals surface area contributed by atoms with Crippen molar-refractivity contribution in [3.8, 4) is 0 Å². The van der Waals surface area contributed by atoms with Crippen LogP contribution in [0.4, 0.5) is 4.79 Å². The van der Waals surface area contributed by atoms with E-state index in [2.05, 4.69) is 45.9 Å². The molecule has 186 valence electrons. The Labute approximate surface area is 212 Å². The molecule has 0 saturated carbocycles. The number of aromatic nitrogens is 2. The van der Waals surface area contributed by atoms with Gasteiger partial charge in [-0.15, -0.1) is 24.0 Å². The van der Waals surface area contributed by atoms with E-state index in [0.29, 0.717) is 5.92 Å². The van der Waals surface area contributed by atoms with Crippen LogP contribution in [0.25, 0.3) is 0 Å². The summed E-state index contributed by atoms with van der Waals surface area (Å²) in [6.07, 6.45) is 6.41. The maximum atomic E-state index is 12.2. The number of aliphatic imine (C=N–C) groups is 1. The molecule has 1 aromatic heterocycles. The summed E-state index contributed by atoms with van der Waals surface area (Å²) < 4.78 is 7.59. The summed E-state index contributed by atoms with van der Waals surface area (Å²) in [6, 6.07) is 0.0404. The minimum absolute atomic E-state index is 0. The standard InChI is InChI=1S/C23H44N6O2.HI/c1-9-24-21(26-13-10-11-15-29-17-14-25-19(29)4)28(8)16-12-20(18(2)3)27-22(30)31-23(5,6)7;/h14,17-18,20H,9-13,15-16H2,1-8H3,(H,24,26)(H,27,30);1H. The molecule has 0 aliphatic heterocycles. The van der Waals surface area contributed by atoms with Crippen molar-refractivity contribution in [1.82, 2.24) is 25.1 Å². The Balaban J connectivity index is 0.00000961. The Bertz CT molecular complexity index is 684. The van der Waals surface area contributed by atoms with E-state index < -0.39 is 5.60 Å². The van der Waals surface area contributed by atoms with Crippen molar-refractivity contribution in [2.45, 2.75) is 85.9 Å². The summed E-state index contributed by atoms with van der Waals surface area (Å²) in [5.41, 5.74) is -0.496. The van der Waals surface area contributed by atoms with Gasteiger partial charge in [-0.2, -0.15) is 0 Å². The topological polar surface area (TPSA) is 83.8 Å². The highest BCUT2D eigenvalue weighted by Crippen LogP contribution is 2.11. The highest BCUT2D eigenvalue weighted by atomic mass is 127. The third kappa shape index (κ3) is 12.5. The first kappa shape index (κ1) is 30.5. The lowest BCUT2D eigenvalue weighted by Crippen LogP contribution is -2.45. The van der Waals surface area contributed by atoms with Gasteiger partial charge in [-0.05, 0) is 59.8 Å². The SMILES string of the molecule is CCNC(=NCCCCn1ccnc1C)N(C)CCC(NC(=O)OC(C)(C)C)C(C)C.I. The third-order valence-corrected chi connectivity index (χ3v) is 4.97. The van der Waals surface area contributed by atoms with Crippen LogP contribution in [0.1, 0.15) is 66.6 Å². The van der Waals surface area contributed by atoms with Crippen molar-refractivity contribution in [2.75, 3.05) is 26.7 Å². The molecule has 1 amide bonds. The number of halogens is 1. The molecule has 1 rings (SSSR count). The first-order chi connectivity index (χ1) is 14.5. The maximum absolute atomic E-state index is 12.2. The summed E-state index contributed by atoms with van der Waals surface area (Å²) in [5, 5.41) is 6.39. The molecular weight excluding hydrogens is 519 g/mol. The zero-order valence-electron chi connectivity index (χ0n) is 21.3. The van der Waals surface area contributed by atoms with Gasteiger partial charge in [-0.25, -0.2) is 9.78 Å². The Hall–Kier alpha value is -1.52. The van der Waals surface area contributed by atoms with Crippen LogP contribution < -0.4 is 10.6 Å². The van der Waals surface area contributed by atoms with E-state index in [1.807, 2.05) is 47.1 Å². The van der Waals surface area contributed by atoms with Gasteiger partial charge in [-0.3, -0.25) is 4.99 Å². The highest BCUT2D eigenvalue weighted by molar-refractivity contribution is 14.0. The normalized spacial score (nSPS) is 12.8. The van der Waals surface area contributed by atoms with Crippen LogP contribution in [-0.2, 0) is 11.3 Å². The molecule has 1 heterocycles. The molecular formula is C23H45IN6O2. The van der Waals surface area contributed by atoms with E-state index >= 15 is 0 Å². The summed E-state index contributed by atoms with van der Waals surface area (Å²) in [4.78, 5) is 23.3. The minimum Gasteiger partial charge on any atom is -0.444 e. The lowest BCUT2D eigenvalue weighted by atomic mass is 10.0. The number of amides is 1. The van der Waals surface area contributed by atoms with Crippen LogP contribution in [0.2, 0.25) is 0 Å². The van der Waals surface area contributed by atoms with Crippen molar-refractivity contribution in [1.29, 1.82) is 0 Å². The van der Waals surface area contributed by atoms with E-state index in [9.17, 15) is 4.79 Å². The summed E-state index contributed by atoms with van der Waals surface area (Å²) >= 11 is 0. The molecule has 0 aromatic carbocycles. The summed E-state index contributed by atoms with van der Waals surface area (Å²) in [5.74, 6) is 2.27. The third-order valence-electron chi connectivity index (χ3n) is 4.97. The van der Waals surface area contributed by atoms with Crippen LogP contribution in [0.3, 0.4) is 0 Å². The van der Waals surface area contributed by atoms with Gasteiger partial charge in [0, 0.05) is 51.7 Å². The number of carbonyl (C=O) groups is 1. The average Bonchev–Trinajstić information content (AvgIpc) is 3.06. The number of aryl methyl sites for hydroxylation is 2. The van der Waals surface area contributed by atoms with Crippen molar-refractivity contribution in [3.63, 3.8) is 0 Å². The molecule has 0 fully saturated rings. The minimum atomic E-state index is -0.496. The molecule has 0 spiro atoms. The van der Waals surface area contributed by atoms with Crippen molar-refractivity contribution < 1.29 is 9.53 Å². The predicted octanol–water partition coefficient (Wildman–Crippen LogP) is 4.43. The quantitative estimate of drug-likeness (QED) is 0.180. The van der Waals surface area contributed by atoms with Gasteiger partial charge in [0.1, 0.15) is 11.4 Å². The van der Waals surface area contributed by atoms with Gasteiger partial charge >= 0.3 is 6.09 Å². The maximum Gasteiger partial charge on any atom is 0.407 e. The summed E-state index contributed by atoms with van der Waals surface area (Å²) in [7, 11) is 2.04. The number of alkyl carbamates (subject to hydrolysis) is 1. The van der Waals surface area contributed by atoms with Gasteiger partial charge in [0.2, 0.25) is 0 Å². The number of guanidine groups is 1. The van der Waals surface area contributed by atoms with Crippen LogP contribution in [0, 0.1) is 12.8 Å². The largest absolute Gasteiger partial charge is 0.444 e. The lowest BCUT2D eigenvalue weighted by Gasteiger charge is -2.28. The molecule has 9 heteroatoms. The zero-order chi connectivity index (χ0) is 23.4. The molecule has 0 aliphatic carbocycles. The predicted molar refractivity (Wildman–Crippen MR) is 143 cm³/mol. The van der Waals surface area contributed by atoms with Crippen molar-refractivity contribution >= 4 is 36.0 Å². The molecule has 0 radical (unpaired) electrons. The van der Waals surface area contributed by atoms with E-state index in [1.165, 1.54) is 0 Å². The van der Waals surface area contributed by atoms with Crippen molar-refractivity contribution in [2.24, 2.45) is 10.9 Å². The summed E-state index contributed by atoms with van der Waals surface area (Å²) in [6.45, 7) is 17.3. The van der Waals surface area contributed by atoms with Gasteiger partial charge in [0.05, 0.1) is 0 Å². The lowest BCUT2D eigenvalue weighted by molar-refractivity contribution is 0.0486. The van der Waals surface area contributed by atoms with Crippen molar-refractivity contribution in [3.05, 3.63) is 18.2 Å². The Kier molecular flexibility index (Phi) is 14.6. The van der Waals surface area contributed by atoms with E-state index in [0.717, 1.165) is 57.2 Å². The van der Waals surface area contributed by atoms with Crippen LogP contribution in [-0.4, -0.2) is 64.8 Å². The highest BCUT2D eigenvalue weighted by Gasteiger charge is 2.22. The molecule has 32 heavy (non-hydrogen) atoms. The fraction of sp³-hybridized carbons (Fsp3) is 0.783. The van der Waals surface area contributed by atoms with E-state index in [1.54, 1.807) is 0 Å². The number of rotatable bonds is 11. The molecule has 0 bridgehead atoms. The van der Waals surface area contributed by atoms with E-state index in [4.69, 9.17) is 9.73 Å². The molecule has 0 aliphatic rings. The second-order valence-corrected chi connectivity index (χ2v) is 9.32. The number of imidazole rings is 1. The molecule has 8 nitrogen and oxygen atoms in total. The van der Waals surface area contributed by atoms with E-state index in [-0.39, 0.29) is 36.1 Å². The second-order valence-electron chi connectivity index (χ2n) is 9.32. The monoisotopic (exact) mass is 564 g/mol. The second kappa shape index (κ2) is 15.3. The molecule has 1 atom stereocenters. The zero-order valence-corrected chi connectivity index (χ0v) is 23.6. The Morgan fingerprint density at radius 2 is 2.00 bits per heavy atom. The van der Waals surface area contributed by atoms with Gasteiger partial charge in [-0.1, -0.05) is 13.8 Å². The smallest absolute Gasteiger partial charge is 0.407 e. The average molecular weight is 565 g/mol. The number of hydrogen-bond acceptors (Lipinski definition) is 4. The van der Waals surface area contributed by atoms with Gasteiger partial charge in [0.25, 0.3) is 0 Å². The van der Waals surface area contributed by atoms with Gasteiger partial charge < -0.3 is 24.8 Å². The molecule has 1 unspecified atom stereocenters. The number of ether oxygens (including phenoxy) is 1. The number of carbonyl (C=O) groups excluding carboxylic acids is 1. The Morgan fingerprint density at radius 1 is 1.31 bits per heavy atom. The number of nitrogens with one attached hydrogen (secondary N) is 2. The fourth-order valence-corrected chi connectivity index (χ4v) is 3.16. The molecule has 0 saturated heterocycles. The molecule has 1 aromatic rings. The number of unbranched alkanes of at least 4 members (excludes halogenated alkanes) is 1. The Morgan fingerprint density at radius 3 is 2.53 bits per heavy atom. The van der Waals surface area contributed by atoms with Crippen LogP contribution in [0.5, 0.6) is 0 Å².